The Balaban J connectivity index is 1.53. The first-order valence-corrected chi connectivity index (χ1v) is 8.19. The fraction of sp³-hybridized carbons (Fsp3) is 0.938. The molecule has 1 aliphatic heterocycles. The molecule has 5 rings (SSSR count). The van der Waals surface area contributed by atoms with Crippen molar-refractivity contribution in [1.29, 1.82) is 0 Å². The van der Waals surface area contributed by atoms with Gasteiger partial charge in [-0.15, -0.1) is 0 Å². The summed E-state index contributed by atoms with van der Waals surface area (Å²) in [6.45, 7) is 1.81. The minimum absolute atomic E-state index is 0.0518. The van der Waals surface area contributed by atoms with Gasteiger partial charge in [0, 0.05) is 19.1 Å². The second kappa shape index (κ2) is 4.21. The van der Waals surface area contributed by atoms with Gasteiger partial charge >= 0.3 is 0 Å². The number of carbonyl (C=O) groups is 1. The van der Waals surface area contributed by atoms with E-state index in [0.29, 0.717) is 11.9 Å². The summed E-state index contributed by atoms with van der Waals surface area (Å²) in [7, 11) is 0. The highest BCUT2D eigenvalue weighted by atomic mass is 16.2. The summed E-state index contributed by atoms with van der Waals surface area (Å²) in [5.74, 6) is 3.09. The number of rotatable bonds is 1. The fourth-order valence-electron chi connectivity index (χ4n) is 5.81. The molecular formula is C16H26N2O. The average Bonchev–Trinajstić information content (AvgIpc) is 2.37. The van der Waals surface area contributed by atoms with Crippen LogP contribution in [0.1, 0.15) is 51.4 Å². The highest BCUT2D eigenvalue weighted by molar-refractivity contribution is 5.83. The summed E-state index contributed by atoms with van der Waals surface area (Å²) in [4.78, 5) is 15.2. The zero-order chi connectivity index (χ0) is 13.0. The lowest BCUT2D eigenvalue weighted by Crippen LogP contribution is -2.56. The number of piperidine rings is 1. The Labute approximate surface area is 115 Å². The summed E-state index contributed by atoms with van der Waals surface area (Å²) in [6.07, 6.45) is 9.82. The Morgan fingerprint density at radius 1 is 0.947 bits per heavy atom. The first-order valence-electron chi connectivity index (χ1n) is 8.19. The van der Waals surface area contributed by atoms with E-state index in [9.17, 15) is 4.79 Å². The van der Waals surface area contributed by atoms with Crippen LogP contribution in [0.5, 0.6) is 0 Å². The lowest BCUT2D eigenvalue weighted by molar-refractivity contribution is -0.158. The lowest BCUT2D eigenvalue weighted by atomic mass is 9.49. The third-order valence-electron chi connectivity index (χ3n) is 6.32. The van der Waals surface area contributed by atoms with E-state index in [1.165, 1.54) is 38.5 Å². The van der Waals surface area contributed by atoms with Gasteiger partial charge in [0.15, 0.2) is 0 Å². The van der Waals surface area contributed by atoms with Gasteiger partial charge in [-0.05, 0) is 69.1 Å². The number of hydrogen-bond acceptors (Lipinski definition) is 2. The van der Waals surface area contributed by atoms with Crippen LogP contribution in [0.3, 0.4) is 0 Å². The molecule has 5 fully saturated rings. The number of likely N-dealkylation sites (tertiary alicyclic amines) is 1. The van der Waals surface area contributed by atoms with Gasteiger partial charge in [0.2, 0.25) is 5.91 Å². The van der Waals surface area contributed by atoms with Gasteiger partial charge in [-0.1, -0.05) is 0 Å². The third-order valence-corrected chi connectivity index (χ3v) is 6.32. The minimum Gasteiger partial charge on any atom is -0.342 e. The van der Waals surface area contributed by atoms with Crippen LogP contribution in [0.25, 0.3) is 0 Å². The van der Waals surface area contributed by atoms with Crippen molar-refractivity contribution in [3.8, 4) is 0 Å². The normalized spacial score (nSPS) is 45.7. The molecule has 0 aromatic carbocycles. The summed E-state index contributed by atoms with van der Waals surface area (Å²) in [5.41, 5.74) is 6.02. The van der Waals surface area contributed by atoms with Gasteiger partial charge in [-0.2, -0.15) is 0 Å². The van der Waals surface area contributed by atoms with Crippen LogP contribution in [0.2, 0.25) is 0 Å². The summed E-state index contributed by atoms with van der Waals surface area (Å²) in [6, 6.07) is 0.320. The molecule has 0 aromatic heterocycles. The zero-order valence-electron chi connectivity index (χ0n) is 11.8. The Morgan fingerprint density at radius 2 is 1.42 bits per heavy atom. The van der Waals surface area contributed by atoms with Crippen molar-refractivity contribution in [2.75, 3.05) is 13.1 Å². The summed E-state index contributed by atoms with van der Waals surface area (Å²) >= 11 is 0. The molecular weight excluding hydrogens is 236 g/mol. The van der Waals surface area contributed by atoms with Crippen LogP contribution >= 0.6 is 0 Å². The zero-order valence-corrected chi connectivity index (χ0v) is 11.8. The van der Waals surface area contributed by atoms with E-state index < -0.39 is 0 Å². The van der Waals surface area contributed by atoms with Crippen molar-refractivity contribution >= 4 is 5.91 Å². The molecule has 0 unspecified atom stereocenters. The molecule has 0 spiro atoms. The molecule has 0 atom stereocenters. The van der Waals surface area contributed by atoms with Crippen molar-refractivity contribution in [2.45, 2.75) is 57.4 Å². The van der Waals surface area contributed by atoms with E-state index in [-0.39, 0.29) is 5.41 Å². The van der Waals surface area contributed by atoms with E-state index >= 15 is 0 Å². The van der Waals surface area contributed by atoms with E-state index in [1.807, 2.05) is 0 Å². The molecule has 1 amide bonds. The monoisotopic (exact) mass is 262 g/mol. The molecule has 19 heavy (non-hydrogen) atoms. The predicted molar refractivity (Wildman–Crippen MR) is 74.4 cm³/mol. The largest absolute Gasteiger partial charge is 0.342 e. The van der Waals surface area contributed by atoms with E-state index in [2.05, 4.69) is 4.90 Å². The van der Waals surface area contributed by atoms with Crippen molar-refractivity contribution in [1.82, 2.24) is 4.90 Å². The van der Waals surface area contributed by atoms with Crippen LogP contribution in [-0.2, 0) is 4.79 Å². The van der Waals surface area contributed by atoms with Gasteiger partial charge in [0.1, 0.15) is 0 Å². The van der Waals surface area contributed by atoms with Crippen LogP contribution in [-0.4, -0.2) is 29.9 Å². The van der Waals surface area contributed by atoms with Gasteiger partial charge in [-0.25, -0.2) is 0 Å². The van der Waals surface area contributed by atoms with Gasteiger partial charge in [0.25, 0.3) is 0 Å². The van der Waals surface area contributed by atoms with Crippen LogP contribution in [0.4, 0.5) is 0 Å². The fourth-order valence-corrected chi connectivity index (χ4v) is 5.81. The minimum atomic E-state index is 0.0518. The number of nitrogens with two attached hydrogens (primary N) is 1. The average molecular weight is 262 g/mol. The Bertz CT molecular complexity index is 349. The molecule has 106 valence electrons. The Kier molecular flexibility index (Phi) is 2.70. The highest BCUT2D eigenvalue weighted by Crippen LogP contribution is 2.60. The molecule has 3 heteroatoms. The molecule has 4 aliphatic carbocycles. The van der Waals surface area contributed by atoms with Crippen molar-refractivity contribution in [3.05, 3.63) is 0 Å². The second-order valence-electron chi connectivity index (χ2n) is 7.83. The van der Waals surface area contributed by atoms with Crippen molar-refractivity contribution < 1.29 is 4.79 Å². The molecule has 4 bridgehead atoms. The summed E-state index contributed by atoms with van der Waals surface area (Å²) < 4.78 is 0. The van der Waals surface area contributed by atoms with Crippen LogP contribution in [0, 0.1) is 23.2 Å². The van der Waals surface area contributed by atoms with Crippen LogP contribution in [0.15, 0.2) is 0 Å². The lowest BCUT2D eigenvalue weighted by Gasteiger charge is -2.57. The summed E-state index contributed by atoms with van der Waals surface area (Å²) in [5, 5.41) is 0. The highest BCUT2D eigenvalue weighted by Gasteiger charge is 2.55. The van der Waals surface area contributed by atoms with E-state index in [4.69, 9.17) is 5.73 Å². The van der Waals surface area contributed by atoms with Crippen LogP contribution < -0.4 is 5.73 Å². The standard InChI is InChI=1S/C16H26N2O/c17-14-1-3-18(4-2-14)15(19)16-8-11-5-12(9-16)7-13(6-11)10-16/h11-14H,1-10,17H2. The molecule has 3 nitrogen and oxygen atoms in total. The SMILES string of the molecule is NC1CCN(C(=O)C23CC4CC(CC(C4)C2)C3)CC1. The molecule has 4 saturated carbocycles. The first kappa shape index (κ1) is 12.2. The number of amides is 1. The topological polar surface area (TPSA) is 46.3 Å². The number of hydrogen-bond donors (Lipinski definition) is 1. The first-order chi connectivity index (χ1) is 9.14. The molecule has 1 heterocycles. The van der Waals surface area contributed by atoms with Gasteiger partial charge in [0.05, 0.1) is 5.41 Å². The molecule has 1 saturated heterocycles. The molecule has 0 radical (unpaired) electrons. The van der Waals surface area contributed by atoms with Crippen molar-refractivity contribution in [3.63, 3.8) is 0 Å². The smallest absolute Gasteiger partial charge is 0.228 e. The Hall–Kier alpha value is -0.570. The maximum atomic E-state index is 13.0. The third kappa shape index (κ3) is 1.93. The predicted octanol–water partition coefficient (Wildman–Crippen LogP) is 2.15. The maximum Gasteiger partial charge on any atom is 0.228 e. The maximum absolute atomic E-state index is 13.0. The molecule has 2 N–H and O–H groups in total. The van der Waals surface area contributed by atoms with Crippen molar-refractivity contribution in [2.24, 2.45) is 28.9 Å². The number of carbonyl (C=O) groups excluding carboxylic acids is 1. The quantitative estimate of drug-likeness (QED) is 0.787. The van der Waals surface area contributed by atoms with E-state index in [0.717, 1.165) is 43.7 Å². The molecule has 0 aromatic rings. The molecule has 5 aliphatic rings. The van der Waals surface area contributed by atoms with Gasteiger partial charge < -0.3 is 10.6 Å². The number of nitrogens with zero attached hydrogens (tertiary/aromatic N) is 1. The van der Waals surface area contributed by atoms with E-state index in [1.54, 1.807) is 0 Å². The second-order valence-corrected chi connectivity index (χ2v) is 7.83. The van der Waals surface area contributed by atoms with Gasteiger partial charge in [-0.3, -0.25) is 4.79 Å². The Morgan fingerprint density at radius 3 is 1.89 bits per heavy atom.